The lowest BCUT2D eigenvalue weighted by atomic mass is 10.5. The molecule has 4 saturated heterocycles. The van der Waals surface area contributed by atoms with Crippen molar-refractivity contribution in [3.63, 3.8) is 0 Å². The molecule has 4 aliphatic rings. The second kappa shape index (κ2) is 19.8. The molecule has 4 heterocycles. The van der Waals surface area contributed by atoms with Crippen LogP contribution < -0.4 is 0 Å². The third-order valence-corrected chi connectivity index (χ3v) is 27.8. The number of hydrogen-bond donors (Lipinski definition) is 0. The number of rotatable bonds is 32. The Labute approximate surface area is 301 Å². The highest BCUT2D eigenvalue weighted by Gasteiger charge is 2.58. The summed E-state index contributed by atoms with van der Waals surface area (Å²) >= 11 is 0. The van der Waals surface area contributed by atoms with Gasteiger partial charge < -0.3 is 54.4 Å². The van der Waals surface area contributed by atoms with Gasteiger partial charge in [0.05, 0.1) is 52.9 Å². The van der Waals surface area contributed by atoms with Gasteiger partial charge in [0.25, 0.3) is 0 Å². The second-order valence-electron chi connectivity index (χ2n) is 16.5. The van der Waals surface area contributed by atoms with Gasteiger partial charge in [-0.25, -0.2) is 0 Å². The maximum absolute atomic E-state index is 7.37. The van der Waals surface area contributed by atoms with Crippen molar-refractivity contribution < 1.29 is 54.4 Å². The van der Waals surface area contributed by atoms with Gasteiger partial charge in [-0.3, -0.25) is 0 Å². The van der Waals surface area contributed by atoms with Crippen molar-refractivity contribution in [2.24, 2.45) is 0 Å². The van der Waals surface area contributed by atoms with Crippen LogP contribution in [0.4, 0.5) is 0 Å². The Morgan fingerprint density at radius 3 is 0.776 bits per heavy atom. The molecule has 0 aromatic carbocycles. The predicted molar refractivity (Wildman–Crippen MR) is 200 cm³/mol. The molecule has 288 valence electrons. The van der Waals surface area contributed by atoms with Crippen molar-refractivity contribution in [1.29, 1.82) is 0 Å². The Morgan fingerprint density at radius 1 is 0.388 bits per heavy atom. The van der Waals surface area contributed by atoms with E-state index in [4.69, 9.17) is 54.4 Å². The van der Waals surface area contributed by atoms with Crippen LogP contribution in [0, 0.1) is 0 Å². The molecular formula is C32H68O12Si5. The molecule has 0 saturated carbocycles. The van der Waals surface area contributed by atoms with Gasteiger partial charge in [0.15, 0.2) is 33.3 Å². The molecule has 0 amide bonds. The van der Waals surface area contributed by atoms with Crippen LogP contribution in [-0.4, -0.2) is 146 Å². The first-order chi connectivity index (χ1) is 23.1. The Morgan fingerprint density at radius 2 is 0.592 bits per heavy atom. The molecule has 12 nitrogen and oxygen atoms in total. The van der Waals surface area contributed by atoms with E-state index in [1.54, 1.807) is 0 Å². The monoisotopic (exact) mass is 784 g/mol. The fraction of sp³-hybridized carbons (Fsp3) is 1.00. The van der Waals surface area contributed by atoms with Crippen molar-refractivity contribution in [1.82, 2.24) is 0 Å². The standard InChI is InChI=1S/C32H68O12Si5/c1-45(2,17-9-13-33-21-29-25-37-29)41-49(42-46(3,4)18-10-14-34-22-30-26-38-30,43-47(5,6)19-11-15-35-23-31-27-39-31)44-48(7,8)20-12-16-36-24-32-28-40-32/h29-32H,9-28H2,1-8H3. The first-order valence-electron chi connectivity index (χ1n) is 18.7. The first kappa shape index (κ1) is 42.3. The van der Waals surface area contributed by atoms with Gasteiger partial charge in [0.1, 0.15) is 24.4 Å². The van der Waals surface area contributed by atoms with Crippen molar-refractivity contribution in [3.05, 3.63) is 0 Å². The molecule has 0 aromatic rings. The molecule has 0 aliphatic carbocycles. The number of ether oxygens (including phenoxy) is 8. The lowest BCUT2D eigenvalue weighted by molar-refractivity contribution is 0.111. The van der Waals surface area contributed by atoms with Gasteiger partial charge in [0.2, 0.25) is 0 Å². The summed E-state index contributed by atoms with van der Waals surface area (Å²) in [4.78, 5) is 0. The van der Waals surface area contributed by atoms with Crippen LogP contribution in [0.5, 0.6) is 0 Å². The molecule has 0 bridgehead atoms. The SMILES string of the molecule is C[Si](C)(CCCOCC1CO1)O[Si](O[Si](C)(C)CCCOCC1CO1)(O[Si](C)(C)CCCOCC1CO1)O[Si](C)(C)CCCOCC1CO1. The van der Waals surface area contributed by atoms with Gasteiger partial charge in [-0.2, -0.15) is 0 Å². The van der Waals surface area contributed by atoms with Gasteiger partial charge >= 0.3 is 9.05 Å². The van der Waals surface area contributed by atoms with Crippen LogP contribution in [-0.2, 0) is 54.4 Å². The largest absolute Gasteiger partial charge is 0.636 e. The zero-order chi connectivity index (χ0) is 35.4. The van der Waals surface area contributed by atoms with Crippen LogP contribution in [0.3, 0.4) is 0 Å². The summed E-state index contributed by atoms with van der Waals surface area (Å²) in [6.45, 7) is 26.9. The Balaban J connectivity index is 1.45. The van der Waals surface area contributed by atoms with Gasteiger partial charge in [-0.05, 0) is 102 Å². The summed E-state index contributed by atoms with van der Waals surface area (Å²) < 4.78 is 74.3. The molecule has 0 aromatic heterocycles. The van der Waals surface area contributed by atoms with Crippen LogP contribution >= 0.6 is 0 Å². The molecule has 0 radical (unpaired) electrons. The zero-order valence-corrected chi connectivity index (χ0v) is 36.9. The summed E-state index contributed by atoms with van der Waals surface area (Å²) in [7, 11) is -12.9. The third-order valence-electron chi connectivity index (χ3n) is 8.70. The molecule has 49 heavy (non-hydrogen) atoms. The van der Waals surface area contributed by atoms with Crippen LogP contribution in [0.1, 0.15) is 25.7 Å². The van der Waals surface area contributed by atoms with Gasteiger partial charge in [-0.1, -0.05) is 0 Å². The van der Waals surface area contributed by atoms with Crippen LogP contribution in [0.25, 0.3) is 0 Å². The van der Waals surface area contributed by atoms with E-state index in [1.165, 1.54) is 0 Å². The summed E-state index contributed by atoms with van der Waals surface area (Å²) in [5, 5.41) is 0. The van der Waals surface area contributed by atoms with E-state index < -0.39 is 42.3 Å². The Hall–Kier alpha value is 0.604. The van der Waals surface area contributed by atoms with E-state index >= 15 is 0 Å². The highest BCUT2D eigenvalue weighted by Crippen LogP contribution is 2.35. The fourth-order valence-corrected chi connectivity index (χ4v) is 25.3. The van der Waals surface area contributed by atoms with Crippen LogP contribution in [0.2, 0.25) is 76.6 Å². The smallest absolute Gasteiger partial charge is 0.396 e. The number of epoxide rings is 4. The van der Waals surface area contributed by atoms with Crippen molar-refractivity contribution in [2.75, 3.05) is 79.3 Å². The minimum atomic E-state index is -3.64. The summed E-state index contributed by atoms with van der Waals surface area (Å²) in [5.74, 6) is 0. The third kappa shape index (κ3) is 20.0. The Bertz CT molecular complexity index is 796. The Kier molecular flexibility index (Phi) is 17.1. The van der Waals surface area contributed by atoms with Gasteiger partial charge in [-0.15, -0.1) is 0 Å². The molecular weight excluding hydrogens is 717 g/mol. The summed E-state index contributed by atoms with van der Waals surface area (Å²) in [6.07, 6.45) is 4.78. The van der Waals surface area contributed by atoms with E-state index in [0.29, 0.717) is 52.9 Å². The molecule has 4 rings (SSSR count). The molecule has 0 spiro atoms. The second-order valence-corrected chi connectivity index (χ2v) is 36.8. The molecule has 4 fully saturated rings. The van der Waals surface area contributed by atoms with Gasteiger partial charge in [0, 0.05) is 26.4 Å². The highest BCUT2D eigenvalue weighted by molar-refractivity contribution is 6.92. The molecule has 4 unspecified atom stereocenters. The maximum Gasteiger partial charge on any atom is 0.636 e. The average Bonchev–Trinajstić information content (AvgIpc) is 3.79. The normalized spacial score (nSPS) is 25.0. The first-order valence-corrected chi connectivity index (χ1v) is 32.8. The number of hydrogen-bond acceptors (Lipinski definition) is 12. The van der Waals surface area contributed by atoms with Crippen molar-refractivity contribution in [2.45, 2.75) is 127 Å². The molecule has 0 N–H and O–H groups in total. The lowest BCUT2D eigenvalue weighted by Crippen LogP contribution is -2.66. The maximum atomic E-state index is 7.37. The highest BCUT2D eigenvalue weighted by atomic mass is 28.5. The van der Waals surface area contributed by atoms with Crippen molar-refractivity contribution in [3.8, 4) is 0 Å². The van der Waals surface area contributed by atoms with E-state index in [2.05, 4.69) is 52.4 Å². The van der Waals surface area contributed by atoms with E-state index in [9.17, 15) is 0 Å². The summed E-state index contributed by atoms with van der Waals surface area (Å²) in [5.41, 5.74) is 0. The predicted octanol–water partition coefficient (Wildman–Crippen LogP) is 5.53. The minimum Gasteiger partial charge on any atom is -0.396 e. The zero-order valence-electron chi connectivity index (χ0n) is 31.9. The topological polar surface area (TPSA) is 124 Å². The quantitative estimate of drug-likeness (QED) is 0.0484. The van der Waals surface area contributed by atoms with E-state index in [1.807, 2.05) is 0 Å². The molecule has 17 heteroatoms. The molecule has 4 aliphatic heterocycles. The van der Waals surface area contributed by atoms with E-state index in [-0.39, 0.29) is 24.4 Å². The van der Waals surface area contributed by atoms with Crippen LogP contribution in [0.15, 0.2) is 0 Å². The van der Waals surface area contributed by atoms with E-state index in [0.717, 1.165) is 76.3 Å². The average molecular weight is 785 g/mol. The summed E-state index contributed by atoms with van der Waals surface area (Å²) in [6, 6.07) is 3.72. The molecule has 4 atom stereocenters. The lowest BCUT2D eigenvalue weighted by Gasteiger charge is -2.46. The fourth-order valence-electron chi connectivity index (χ4n) is 5.60. The van der Waals surface area contributed by atoms with Crippen molar-refractivity contribution >= 4 is 42.3 Å². The minimum absolute atomic E-state index is 0.274.